The topological polar surface area (TPSA) is 95.6 Å². The lowest BCUT2D eigenvalue weighted by Gasteiger charge is -2.05. The number of methoxy groups -OCH3 is 1. The second-order valence-corrected chi connectivity index (χ2v) is 6.07. The number of aromatic nitrogens is 2. The van der Waals surface area contributed by atoms with Crippen LogP contribution < -0.4 is 10.1 Å². The molecule has 3 aromatic rings. The van der Waals surface area contributed by atoms with Crippen molar-refractivity contribution in [3.8, 4) is 5.75 Å². The average molecular weight is 420 g/mol. The van der Waals surface area contributed by atoms with E-state index in [4.69, 9.17) is 9.15 Å². The van der Waals surface area contributed by atoms with Crippen molar-refractivity contribution >= 4 is 33.7 Å². The molecular formula is C17H14BrN3O5. The fourth-order valence-corrected chi connectivity index (χ4v) is 2.42. The van der Waals surface area contributed by atoms with Crippen LogP contribution in [-0.4, -0.2) is 29.0 Å². The summed E-state index contributed by atoms with van der Waals surface area (Å²) in [6.45, 7) is 0.396. The highest BCUT2D eigenvalue weighted by atomic mass is 79.9. The van der Waals surface area contributed by atoms with Crippen LogP contribution in [0.25, 0.3) is 0 Å². The van der Waals surface area contributed by atoms with Gasteiger partial charge >= 0.3 is 12.1 Å². The Labute approximate surface area is 156 Å². The third-order valence-electron chi connectivity index (χ3n) is 3.28. The molecular weight excluding hydrogens is 406 g/mol. The van der Waals surface area contributed by atoms with Gasteiger partial charge < -0.3 is 13.9 Å². The van der Waals surface area contributed by atoms with Crippen molar-refractivity contribution in [1.29, 1.82) is 0 Å². The number of amides is 1. The lowest BCUT2D eigenvalue weighted by molar-refractivity contribution is 0.0699. The standard InChI is InChI=1S/C17H14BrN3O5/c1-24-17(23)20-12-2-4-13(5-3-12)26-16(22)15-7-6-14(25-15)10-21-9-11(18)8-19-21/h2-9H,10H2,1H3,(H,20,23). The molecule has 26 heavy (non-hydrogen) atoms. The molecule has 9 heteroatoms. The Morgan fingerprint density at radius 3 is 2.65 bits per heavy atom. The van der Waals surface area contributed by atoms with Crippen molar-refractivity contribution < 1.29 is 23.5 Å². The number of nitrogens with zero attached hydrogens (tertiary/aromatic N) is 2. The number of furan rings is 1. The molecule has 2 aromatic heterocycles. The maximum absolute atomic E-state index is 12.2. The number of hydrogen-bond donors (Lipinski definition) is 1. The third kappa shape index (κ3) is 4.51. The molecule has 0 aliphatic rings. The van der Waals surface area contributed by atoms with Crippen molar-refractivity contribution in [1.82, 2.24) is 9.78 Å². The van der Waals surface area contributed by atoms with E-state index in [-0.39, 0.29) is 5.76 Å². The fraction of sp³-hybridized carbons (Fsp3) is 0.118. The zero-order valence-corrected chi connectivity index (χ0v) is 15.2. The minimum absolute atomic E-state index is 0.0861. The van der Waals surface area contributed by atoms with Crippen LogP contribution in [0.4, 0.5) is 10.5 Å². The molecule has 0 saturated carbocycles. The molecule has 1 amide bonds. The number of halogens is 1. The first-order chi connectivity index (χ1) is 12.5. The number of rotatable bonds is 5. The summed E-state index contributed by atoms with van der Waals surface area (Å²) in [7, 11) is 1.27. The average Bonchev–Trinajstić information content (AvgIpc) is 3.26. The first kappa shape index (κ1) is 17.7. The summed E-state index contributed by atoms with van der Waals surface area (Å²) >= 11 is 3.31. The maximum Gasteiger partial charge on any atom is 0.411 e. The smallest absolute Gasteiger partial charge is 0.411 e. The van der Waals surface area contributed by atoms with Gasteiger partial charge in [-0.15, -0.1) is 0 Å². The number of hydrogen-bond acceptors (Lipinski definition) is 6. The number of nitrogens with one attached hydrogen (secondary N) is 1. The number of carbonyl (C=O) groups is 2. The van der Waals surface area contributed by atoms with Crippen molar-refractivity contribution in [2.75, 3.05) is 12.4 Å². The maximum atomic E-state index is 12.2. The molecule has 0 unspecified atom stereocenters. The van der Waals surface area contributed by atoms with Gasteiger partial charge in [-0.25, -0.2) is 9.59 Å². The molecule has 1 N–H and O–H groups in total. The van der Waals surface area contributed by atoms with Gasteiger partial charge in [-0.1, -0.05) is 0 Å². The van der Waals surface area contributed by atoms with E-state index < -0.39 is 12.1 Å². The van der Waals surface area contributed by atoms with Gasteiger partial charge in [0.1, 0.15) is 11.5 Å². The van der Waals surface area contributed by atoms with Gasteiger partial charge in [-0.3, -0.25) is 10.00 Å². The van der Waals surface area contributed by atoms with Gasteiger partial charge in [0, 0.05) is 11.9 Å². The molecule has 2 heterocycles. The number of carbonyl (C=O) groups excluding carboxylic acids is 2. The minimum Gasteiger partial charge on any atom is -0.453 e. The van der Waals surface area contributed by atoms with Crippen molar-refractivity contribution in [3.05, 3.63) is 64.8 Å². The van der Waals surface area contributed by atoms with Gasteiger partial charge in [-0.2, -0.15) is 5.10 Å². The molecule has 0 radical (unpaired) electrons. The number of benzene rings is 1. The number of ether oxygens (including phenoxy) is 2. The van der Waals surface area contributed by atoms with Crippen LogP contribution >= 0.6 is 15.9 Å². The molecule has 134 valence electrons. The van der Waals surface area contributed by atoms with E-state index in [9.17, 15) is 9.59 Å². The normalized spacial score (nSPS) is 10.4. The van der Waals surface area contributed by atoms with Crippen LogP contribution in [0, 0.1) is 0 Å². The second kappa shape index (κ2) is 7.87. The second-order valence-electron chi connectivity index (χ2n) is 5.15. The lowest BCUT2D eigenvalue weighted by Crippen LogP contribution is -2.11. The summed E-state index contributed by atoms with van der Waals surface area (Å²) in [5.41, 5.74) is 0.516. The lowest BCUT2D eigenvalue weighted by atomic mass is 10.3. The fourth-order valence-electron chi connectivity index (χ4n) is 2.09. The zero-order chi connectivity index (χ0) is 18.5. The number of anilines is 1. The minimum atomic E-state index is -0.619. The van der Waals surface area contributed by atoms with Gasteiger partial charge in [0.05, 0.1) is 24.3 Å². The van der Waals surface area contributed by atoms with Crippen LogP contribution in [0.5, 0.6) is 5.75 Å². The van der Waals surface area contributed by atoms with Crippen molar-refractivity contribution in [3.63, 3.8) is 0 Å². The Bertz CT molecular complexity index is 917. The molecule has 0 aliphatic carbocycles. The van der Waals surface area contributed by atoms with E-state index in [0.717, 1.165) is 4.47 Å². The van der Waals surface area contributed by atoms with Gasteiger partial charge in [-0.05, 0) is 52.3 Å². The van der Waals surface area contributed by atoms with Crippen molar-refractivity contribution in [2.45, 2.75) is 6.54 Å². The monoisotopic (exact) mass is 419 g/mol. The largest absolute Gasteiger partial charge is 0.453 e. The van der Waals surface area contributed by atoms with E-state index in [0.29, 0.717) is 23.7 Å². The molecule has 0 aliphatic heterocycles. The number of esters is 1. The predicted molar refractivity (Wildman–Crippen MR) is 95.2 cm³/mol. The highest BCUT2D eigenvalue weighted by Crippen LogP contribution is 2.18. The van der Waals surface area contributed by atoms with Crippen LogP contribution in [0.2, 0.25) is 0 Å². The van der Waals surface area contributed by atoms with Crippen LogP contribution in [0.15, 0.2) is 57.7 Å². The Kier molecular flexibility index (Phi) is 5.37. The van der Waals surface area contributed by atoms with Gasteiger partial charge in [0.25, 0.3) is 0 Å². The highest BCUT2D eigenvalue weighted by Gasteiger charge is 2.14. The van der Waals surface area contributed by atoms with Crippen LogP contribution in [-0.2, 0) is 11.3 Å². The molecule has 1 aromatic carbocycles. The summed E-state index contributed by atoms with van der Waals surface area (Å²) in [5.74, 6) is 0.360. The molecule has 0 spiro atoms. The molecule has 0 bridgehead atoms. The molecule has 8 nitrogen and oxygen atoms in total. The molecule has 0 atom stereocenters. The van der Waals surface area contributed by atoms with Gasteiger partial charge in [0.2, 0.25) is 5.76 Å². The van der Waals surface area contributed by atoms with E-state index in [1.165, 1.54) is 7.11 Å². The van der Waals surface area contributed by atoms with E-state index in [1.54, 1.807) is 53.5 Å². The summed E-state index contributed by atoms with van der Waals surface area (Å²) < 4.78 is 17.8. The van der Waals surface area contributed by atoms with E-state index in [1.807, 2.05) is 0 Å². The first-order valence-corrected chi connectivity index (χ1v) is 8.26. The molecule has 0 saturated heterocycles. The third-order valence-corrected chi connectivity index (χ3v) is 3.69. The summed E-state index contributed by atoms with van der Waals surface area (Å²) in [5, 5.41) is 6.62. The van der Waals surface area contributed by atoms with Gasteiger partial charge in [0.15, 0.2) is 0 Å². The van der Waals surface area contributed by atoms with Crippen LogP contribution in [0.1, 0.15) is 16.3 Å². The highest BCUT2D eigenvalue weighted by molar-refractivity contribution is 9.10. The Hall–Kier alpha value is -3.07. The SMILES string of the molecule is COC(=O)Nc1ccc(OC(=O)c2ccc(Cn3cc(Br)cn3)o2)cc1. The van der Waals surface area contributed by atoms with E-state index in [2.05, 4.69) is 31.1 Å². The molecule has 3 rings (SSSR count). The summed E-state index contributed by atoms with van der Waals surface area (Å²) in [6.07, 6.45) is 2.88. The first-order valence-electron chi connectivity index (χ1n) is 7.47. The van der Waals surface area contributed by atoms with Crippen molar-refractivity contribution in [2.24, 2.45) is 0 Å². The summed E-state index contributed by atoms with van der Waals surface area (Å²) in [6, 6.07) is 9.51. The zero-order valence-electron chi connectivity index (χ0n) is 13.6. The predicted octanol–water partition coefficient (Wildman–Crippen LogP) is 3.68. The summed E-state index contributed by atoms with van der Waals surface area (Å²) in [4.78, 5) is 23.3. The Morgan fingerprint density at radius 1 is 1.23 bits per heavy atom. The molecule has 0 fully saturated rings. The quantitative estimate of drug-likeness (QED) is 0.500. The van der Waals surface area contributed by atoms with E-state index >= 15 is 0 Å². The Balaban J connectivity index is 1.60. The van der Waals surface area contributed by atoms with Crippen LogP contribution in [0.3, 0.4) is 0 Å². The Morgan fingerprint density at radius 2 is 2.00 bits per heavy atom.